The highest BCUT2D eigenvalue weighted by molar-refractivity contribution is 6.61. The number of halogens is 1. The average Bonchev–Trinajstić information content (AvgIpc) is 2.15. The van der Waals surface area contributed by atoms with E-state index in [0.29, 0.717) is 12.5 Å². The Morgan fingerprint density at radius 3 is 2.54 bits per heavy atom. The molecule has 3 heteroatoms. The number of hydrogen-bond acceptors (Lipinski definition) is 2. The number of ether oxygens (including phenoxy) is 1. The zero-order valence-corrected chi connectivity index (χ0v) is 8.85. The molecule has 0 aromatic carbocycles. The zero-order chi connectivity index (χ0) is 9.68. The van der Waals surface area contributed by atoms with Gasteiger partial charge in [-0.25, -0.2) is 4.79 Å². The Morgan fingerprint density at radius 1 is 1.38 bits per heavy atom. The van der Waals surface area contributed by atoms with Crippen LogP contribution in [-0.4, -0.2) is 12.0 Å². The minimum absolute atomic E-state index is 0.515. The van der Waals surface area contributed by atoms with Gasteiger partial charge in [0.05, 0.1) is 6.61 Å². The Bertz CT molecular complexity index is 170. The first kappa shape index (κ1) is 10.8. The summed E-state index contributed by atoms with van der Waals surface area (Å²) in [4.78, 5) is 10.4. The van der Waals surface area contributed by atoms with Crippen LogP contribution in [0.2, 0.25) is 0 Å². The Kier molecular flexibility index (Phi) is 4.57. The molecule has 0 saturated heterocycles. The van der Waals surface area contributed by atoms with Crippen molar-refractivity contribution in [2.24, 2.45) is 11.8 Å². The van der Waals surface area contributed by atoms with Gasteiger partial charge in [-0.2, -0.15) is 0 Å². The Hall–Kier alpha value is -0.240. The molecule has 0 bridgehead atoms. The minimum Gasteiger partial charge on any atom is -0.453 e. The molecule has 0 aliphatic heterocycles. The third kappa shape index (κ3) is 3.55. The minimum atomic E-state index is -0.666. The molecule has 1 fully saturated rings. The maximum Gasteiger partial charge on any atom is 0.403 e. The summed E-state index contributed by atoms with van der Waals surface area (Å²) in [7, 11) is 0. The summed E-state index contributed by atoms with van der Waals surface area (Å²) in [5.74, 6) is 1.27. The molecule has 0 aromatic heterocycles. The van der Waals surface area contributed by atoms with Crippen molar-refractivity contribution in [1.82, 2.24) is 0 Å². The lowest BCUT2D eigenvalue weighted by Crippen LogP contribution is -2.23. The van der Waals surface area contributed by atoms with Crippen molar-refractivity contribution in [2.45, 2.75) is 39.0 Å². The molecule has 76 valence electrons. The molecule has 1 aliphatic rings. The second-order valence-corrected chi connectivity index (χ2v) is 4.07. The van der Waals surface area contributed by atoms with Crippen LogP contribution in [0.4, 0.5) is 4.79 Å². The van der Waals surface area contributed by atoms with Crippen LogP contribution in [-0.2, 0) is 4.74 Å². The van der Waals surface area contributed by atoms with Crippen molar-refractivity contribution < 1.29 is 9.53 Å². The van der Waals surface area contributed by atoms with E-state index in [2.05, 4.69) is 6.92 Å². The van der Waals surface area contributed by atoms with E-state index in [1.54, 1.807) is 0 Å². The molecule has 1 rings (SSSR count). The lowest BCUT2D eigenvalue weighted by molar-refractivity contribution is 0.107. The van der Waals surface area contributed by atoms with Crippen LogP contribution < -0.4 is 0 Å². The van der Waals surface area contributed by atoms with Gasteiger partial charge in [-0.1, -0.05) is 32.6 Å². The molecule has 0 radical (unpaired) electrons. The van der Waals surface area contributed by atoms with E-state index >= 15 is 0 Å². The van der Waals surface area contributed by atoms with Gasteiger partial charge in [-0.15, -0.1) is 0 Å². The highest BCUT2D eigenvalue weighted by Gasteiger charge is 2.24. The maximum atomic E-state index is 10.4. The first-order chi connectivity index (χ1) is 6.24. The molecule has 2 atom stereocenters. The van der Waals surface area contributed by atoms with Gasteiger partial charge in [0.15, 0.2) is 0 Å². The lowest BCUT2D eigenvalue weighted by atomic mass is 9.78. The smallest absolute Gasteiger partial charge is 0.403 e. The largest absolute Gasteiger partial charge is 0.453 e. The topological polar surface area (TPSA) is 26.3 Å². The fourth-order valence-electron chi connectivity index (χ4n) is 2.21. The second-order valence-electron chi connectivity index (χ2n) is 3.76. The summed E-state index contributed by atoms with van der Waals surface area (Å²) >= 11 is 5.13. The molecule has 0 N–H and O–H groups in total. The third-order valence-electron chi connectivity index (χ3n) is 3.00. The summed E-state index contributed by atoms with van der Waals surface area (Å²) < 4.78 is 4.84. The number of carbonyl (C=O) groups is 1. The average molecular weight is 205 g/mol. The van der Waals surface area contributed by atoms with Crippen LogP contribution in [0.25, 0.3) is 0 Å². The summed E-state index contributed by atoms with van der Waals surface area (Å²) in [6.45, 7) is 2.71. The van der Waals surface area contributed by atoms with Crippen molar-refractivity contribution in [3.8, 4) is 0 Å². The predicted octanol–water partition coefficient (Wildman–Crippen LogP) is 3.58. The zero-order valence-electron chi connectivity index (χ0n) is 8.09. The standard InChI is InChI=1S/C10H17ClO2/c1-2-8-5-3-4-6-9(8)7-13-10(11)12/h8-9H,2-7H2,1H3. The fourth-order valence-corrected chi connectivity index (χ4v) is 2.28. The van der Waals surface area contributed by atoms with Crippen molar-refractivity contribution >= 4 is 17.0 Å². The van der Waals surface area contributed by atoms with Crippen LogP contribution in [0, 0.1) is 11.8 Å². The van der Waals surface area contributed by atoms with E-state index in [0.717, 1.165) is 5.92 Å². The normalized spacial score (nSPS) is 28.5. The molecular formula is C10H17ClO2. The van der Waals surface area contributed by atoms with Crippen molar-refractivity contribution in [3.63, 3.8) is 0 Å². The SMILES string of the molecule is CCC1CCCCC1COC(=O)Cl. The van der Waals surface area contributed by atoms with Crippen molar-refractivity contribution in [2.75, 3.05) is 6.61 Å². The van der Waals surface area contributed by atoms with Crippen LogP contribution >= 0.6 is 11.6 Å². The molecule has 1 saturated carbocycles. The van der Waals surface area contributed by atoms with Gasteiger partial charge in [0.25, 0.3) is 0 Å². The third-order valence-corrected chi connectivity index (χ3v) is 3.11. The monoisotopic (exact) mass is 204 g/mol. The predicted molar refractivity (Wildman–Crippen MR) is 52.9 cm³/mol. The first-order valence-electron chi connectivity index (χ1n) is 5.06. The van der Waals surface area contributed by atoms with E-state index < -0.39 is 5.43 Å². The Morgan fingerprint density at radius 2 is 2.00 bits per heavy atom. The second kappa shape index (κ2) is 5.48. The molecule has 0 amide bonds. The van der Waals surface area contributed by atoms with E-state index in [1.807, 2.05) is 0 Å². The molecule has 2 unspecified atom stereocenters. The van der Waals surface area contributed by atoms with Crippen LogP contribution in [0.1, 0.15) is 39.0 Å². The molecule has 0 aromatic rings. The maximum absolute atomic E-state index is 10.4. The van der Waals surface area contributed by atoms with Gasteiger partial charge in [-0.05, 0) is 18.3 Å². The molecule has 0 heterocycles. The number of carbonyl (C=O) groups excluding carboxylic acids is 1. The van der Waals surface area contributed by atoms with Crippen LogP contribution in [0.3, 0.4) is 0 Å². The van der Waals surface area contributed by atoms with Crippen molar-refractivity contribution in [1.29, 1.82) is 0 Å². The highest BCUT2D eigenvalue weighted by atomic mass is 35.5. The van der Waals surface area contributed by atoms with Gasteiger partial charge >= 0.3 is 5.43 Å². The Balaban J connectivity index is 2.31. The van der Waals surface area contributed by atoms with E-state index in [9.17, 15) is 4.79 Å². The van der Waals surface area contributed by atoms with E-state index in [1.165, 1.54) is 32.1 Å². The summed E-state index contributed by atoms with van der Waals surface area (Å²) in [5.41, 5.74) is -0.666. The quantitative estimate of drug-likeness (QED) is 0.657. The summed E-state index contributed by atoms with van der Waals surface area (Å²) in [6, 6.07) is 0. The van der Waals surface area contributed by atoms with Gasteiger partial charge in [0.2, 0.25) is 0 Å². The number of rotatable bonds is 3. The van der Waals surface area contributed by atoms with Crippen molar-refractivity contribution in [3.05, 3.63) is 0 Å². The van der Waals surface area contributed by atoms with E-state index in [4.69, 9.17) is 16.3 Å². The lowest BCUT2D eigenvalue weighted by Gasteiger charge is -2.29. The highest BCUT2D eigenvalue weighted by Crippen LogP contribution is 2.32. The van der Waals surface area contributed by atoms with Crippen LogP contribution in [0.5, 0.6) is 0 Å². The van der Waals surface area contributed by atoms with Gasteiger partial charge < -0.3 is 4.74 Å². The van der Waals surface area contributed by atoms with E-state index in [-0.39, 0.29) is 0 Å². The molecule has 2 nitrogen and oxygen atoms in total. The summed E-state index contributed by atoms with van der Waals surface area (Å²) in [5, 5.41) is 0. The van der Waals surface area contributed by atoms with Gasteiger partial charge in [0.1, 0.15) is 0 Å². The molecule has 13 heavy (non-hydrogen) atoms. The fraction of sp³-hybridized carbons (Fsp3) is 0.900. The summed E-state index contributed by atoms with van der Waals surface area (Å²) in [6.07, 6.45) is 6.24. The van der Waals surface area contributed by atoms with Gasteiger partial charge in [0, 0.05) is 11.6 Å². The molecular weight excluding hydrogens is 188 g/mol. The molecule has 1 aliphatic carbocycles. The Labute approximate surface area is 84.6 Å². The van der Waals surface area contributed by atoms with Gasteiger partial charge in [-0.3, -0.25) is 0 Å². The first-order valence-corrected chi connectivity index (χ1v) is 5.44. The number of hydrogen-bond donors (Lipinski definition) is 0. The molecule has 0 spiro atoms. The van der Waals surface area contributed by atoms with Crippen LogP contribution in [0.15, 0.2) is 0 Å².